The van der Waals surface area contributed by atoms with Gasteiger partial charge in [-0.15, -0.1) is 0 Å². The molecule has 0 atom stereocenters. The van der Waals surface area contributed by atoms with Crippen LogP contribution in [0.2, 0.25) is 0 Å². The van der Waals surface area contributed by atoms with Crippen LogP contribution in [-0.2, 0) is 0 Å². The molecule has 0 heterocycles. The van der Waals surface area contributed by atoms with Crippen LogP contribution in [-0.4, -0.2) is 5.71 Å². The third-order valence-corrected chi connectivity index (χ3v) is 1.34. The first-order valence-corrected chi connectivity index (χ1v) is 2.79. The topological polar surface area (TPSA) is 47.6 Å². The Balaban J connectivity index is 2.26. The van der Waals surface area contributed by atoms with Gasteiger partial charge in [-0.1, -0.05) is 0 Å². The first kappa shape index (κ1) is 5.30. The van der Waals surface area contributed by atoms with E-state index in [0.29, 0.717) is 18.1 Å². The van der Waals surface area contributed by atoms with Crippen molar-refractivity contribution in [1.29, 1.82) is 10.7 Å². The molecule has 0 spiro atoms. The largest absolute Gasteiger partial charge is 0.308 e. The SMILES string of the molecule is N#CCC(=N)C1CC1. The fourth-order valence-electron chi connectivity index (χ4n) is 0.661. The quantitative estimate of drug-likeness (QED) is 0.533. The van der Waals surface area contributed by atoms with Gasteiger partial charge in [0, 0.05) is 5.71 Å². The molecule has 0 aromatic carbocycles. The van der Waals surface area contributed by atoms with E-state index in [4.69, 9.17) is 10.7 Å². The van der Waals surface area contributed by atoms with Crippen LogP contribution >= 0.6 is 0 Å². The lowest BCUT2D eigenvalue weighted by Gasteiger charge is -1.88. The Bertz CT molecular complexity index is 139. The molecular formula is C6H8N2. The van der Waals surface area contributed by atoms with Crippen molar-refractivity contribution in [2.24, 2.45) is 5.92 Å². The van der Waals surface area contributed by atoms with Gasteiger partial charge in [-0.2, -0.15) is 5.26 Å². The highest BCUT2D eigenvalue weighted by atomic mass is 14.5. The van der Waals surface area contributed by atoms with Gasteiger partial charge in [-0.3, -0.25) is 0 Å². The number of nitriles is 1. The molecule has 0 radical (unpaired) electrons. The van der Waals surface area contributed by atoms with Crippen molar-refractivity contribution in [3.63, 3.8) is 0 Å². The Morgan fingerprint density at radius 2 is 2.38 bits per heavy atom. The number of nitrogens with one attached hydrogen (secondary N) is 1. The Kier molecular flexibility index (Phi) is 1.29. The maximum absolute atomic E-state index is 8.12. The van der Waals surface area contributed by atoms with Crippen LogP contribution in [0.25, 0.3) is 0 Å². The zero-order chi connectivity index (χ0) is 5.98. The van der Waals surface area contributed by atoms with Crippen molar-refractivity contribution in [3.05, 3.63) is 0 Å². The molecule has 0 aromatic rings. The molecule has 1 aliphatic rings. The van der Waals surface area contributed by atoms with Crippen molar-refractivity contribution in [3.8, 4) is 6.07 Å². The number of nitrogens with zero attached hydrogens (tertiary/aromatic N) is 1. The summed E-state index contributed by atoms with van der Waals surface area (Å²) in [5, 5.41) is 15.3. The molecule has 2 nitrogen and oxygen atoms in total. The van der Waals surface area contributed by atoms with Crippen LogP contribution in [0, 0.1) is 22.7 Å². The van der Waals surface area contributed by atoms with Gasteiger partial charge in [0.25, 0.3) is 0 Å². The highest BCUT2D eigenvalue weighted by molar-refractivity contribution is 5.87. The van der Waals surface area contributed by atoms with Gasteiger partial charge >= 0.3 is 0 Å². The predicted octanol–water partition coefficient (Wildman–Crippen LogP) is 1.33. The van der Waals surface area contributed by atoms with Crippen LogP contribution in [0.1, 0.15) is 19.3 Å². The van der Waals surface area contributed by atoms with Gasteiger partial charge in [-0.25, -0.2) is 0 Å². The van der Waals surface area contributed by atoms with E-state index < -0.39 is 0 Å². The molecule has 8 heavy (non-hydrogen) atoms. The number of hydrogen-bond donors (Lipinski definition) is 1. The van der Waals surface area contributed by atoms with E-state index in [1.54, 1.807) is 0 Å². The normalized spacial score (nSPS) is 17.4. The van der Waals surface area contributed by atoms with E-state index in [1.807, 2.05) is 6.07 Å². The van der Waals surface area contributed by atoms with Crippen LogP contribution < -0.4 is 0 Å². The molecule has 1 saturated carbocycles. The van der Waals surface area contributed by atoms with E-state index in [2.05, 4.69) is 0 Å². The Morgan fingerprint density at radius 3 is 2.75 bits per heavy atom. The molecule has 1 aliphatic carbocycles. The summed E-state index contributed by atoms with van der Waals surface area (Å²) in [5.41, 5.74) is 0.632. The highest BCUT2D eigenvalue weighted by Gasteiger charge is 2.25. The Labute approximate surface area is 48.6 Å². The molecule has 2 heteroatoms. The summed E-state index contributed by atoms with van der Waals surface area (Å²) in [6.45, 7) is 0. The van der Waals surface area contributed by atoms with Gasteiger partial charge in [-0.05, 0) is 18.8 Å². The average molecular weight is 108 g/mol. The van der Waals surface area contributed by atoms with Gasteiger partial charge in [0.15, 0.2) is 0 Å². The van der Waals surface area contributed by atoms with Gasteiger partial charge in [0.1, 0.15) is 0 Å². The van der Waals surface area contributed by atoms with Crippen molar-refractivity contribution in [2.75, 3.05) is 0 Å². The molecule has 0 amide bonds. The van der Waals surface area contributed by atoms with E-state index in [1.165, 1.54) is 0 Å². The van der Waals surface area contributed by atoms with E-state index in [9.17, 15) is 0 Å². The lowest BCUT2D eigenvalue weighted by molar-refractivity contribution is 1.11. The maximum atomic E-state index is 8.12. The maximum Gasteiger partial charge on any atom is 0.0731 e. The molecule has 0 saturated heterocycles. The fourth-order valence-corrected chi connectivity index (χ4v) is 0.661. The first-order chi connectivity index (χ1) is 3.84. The summed E-state index contributed by atoms with van der Waals surface area (Å²) in [6.07, 6.45) is 2.62. The van der Waals surface area contributed by atoms with Crippen LogP contribution in [0.4, 0.5) is 0 Å². The number of rotatable bonds is 2. The molecule has 1 rings (SSSR count). The molecule has 0 aliphatic heterocycles. The minimum Gasteiger partial charge on any atom is -0.308 e. The van der Waals surface area contributed by atoms with Crippen molar-refractivity contribution in [1.82, 2.24) is 0 Å². The van der Waals surface area contributed by atoms with Gasteiger partial charge < -0.3 is 5.41 Å². The average Bonchev–Trinajstić information content (AvgIpc) is 2.45. The van der Waals surface area contributed by atoms with Crippen LogP contribution in [0.15, 0.2) is 0 Å². The fraction of sp³-hybridized carbons (Fsp3) is 0.667. The summed E-state index contributed by atoms with van der Waals surface area (Å²) < 4.78 is 0. The van der Waals surface area contributed by atoms with Gasteiger partial charge in [0.05, 0.1) is 12.5 Å². The lowest BCUT2D eigenvalue weighted by atomic mass is 10.2. The molecule has 1 N–H and O–H groups in total. The number of hydrogen-bond acceptors (Lipinski definition) is 2. The van der Waals surface area contributed by atoms with E-state index >= 15 is 0 Å². The monoisotopic (exact) mass is 108 g/mol. The van der Waals surface area contributed by atoms with Crippen molar-refractivity contribution >= 4 is 5.71 Å². The van der Waals surface area contributed by atoms with Crippen LogP contribution in [0.3, 0.4) is 0 Å². The Morgan fingerprint density at radius 1 is 1.75 bits per heavy atom. The Hall–Kier alpha value is -0.840. The van der Waals surface area contributed by atoms with E-state index in [-0.39, 0.29) is 0 Å². The van der Waals surface area contributed by atoms with Crippen LogP contribution in [0.5, 0.6) is 0 Å². The summed E-state index contributed by atoms with van der Waals surface area (Å²) in [6, 6.07) is 1.96. The third-order valence-electron chi connectivity index (χ3n) is 1.34. The zero-order valence-corrected chi connectivity index (χ0v) is 4.65. The van der Waals surface area contributed by atoms with Crippen molar-refractivity contribution in [2.45, 2.75) is 19.3 Å². The predicted molar refractivity (Wildman–Crippen MR) is 30.7 cm³/mol. The second kappa shape index (κ2) is 1.95. The second-order valence-corrected chi connectivity index (χ2v) is 2.13. The molecule has 0 unspecified atom stereocenters. The summed E-state index contributed by atoms with van der Waals surface area (Å²) in [7, 11) is 0. The van der Waals surface area contributed by atoms with E-state index in [0.717, 1.165) is 12.8 Å². The highest BCUT2D eigenvalue weighted by Crippen LogP contribution is 2.30. The first-order valence-electron chi connectivity index (χ1n) is 2.79. The summed E-state index contributed by atoms with van der Waals surface area (Å²) in [4.78, 5) is 0. The standard InChI is InChI=1S/C6H8N2/c7-4-3-6(8)5-1-2-5/h5,8H,1-3H2. The zero-order valence-electron chi connectivity index (χ0n) is 4.65. The van der Waals surface area contributed by atoms with Crippen molar-refractivity contribution < 1.29 is 0 Å². The molecule has 0 aromatic heterocycles. The summed E-state index contributed by atoms with van der Waals surface area (Å²) in [5.74, 6) is 0.481. The third kappa shape index (κ3) is 1.06. The smallest absolute Gasteiger partial charge is 0.0731 e. The minimum absolute atomic E-state index is 0.338. The molecular weight excluding hydrogens is 100 g/mol. The molecule has 1 fully saturated rings. The molecule has 0 bridgehead atoms. The lowest BCUT2D eigenvalue weighted by Crippen LogP contribution is -1.95. The summed E-state index contributed by atoms with van der Waals surface area (Å²) >= 11 is 0. The second-order valence-electron chi connectivity index (χ2n) is 2.13. The minimum atomic E-state index is 0.338. The molecule has 42 valence electrons. The van der Waals surface area contributed by atoms with Gasteiger partial charge in [0.2, 0.25) is 0 Å².